The Labute approximate surface area is 105 Å². The van der Waals surface area contributed by atoms with Crippen LogP contribution in [-0.2, 0) is 10.0 Å². The molecule has 0 saturated carbocycles. The van der Waals surface area contributed by atoms with Crippen LogP contribution in [0.15, 0.2) is 23.1 Å². The van der Waals surface area contributed by atoms with Gasteiger partial charge in [-0.2, -0.15) is 0 Å². The number of hydrogen-bond donors (Lipinski definition) is 2. The van der Waals surface area contributed by atoms with Gasteiger partial charge < -0.3 is 5.32 Å². The number of rotatable bonds is 3. The number of nitrogens with zero attached hydrogens (tertiary/aromatic N) is 1. The third-order valence-corrected chi connectivity index (χ3v) is 2.94. The molecule has 0 aliphatic rings. The predicted octanol–water partition coefficient (Wildman–Crippen LogP) is 1.45. The van der Waals surface area contributed by atoms with Crippen molar-refractivity contribution in [3.63, 3.8) is 0 Å². The maximum atomic E-state index is 11.4. The van der Waals surface area contributed by atoms with E-state index in [1.807, 2.05) is 20.8 Å². The third kappa shape index (κ3) is 3.67. The van der Waals surface area contributed by atoms with Crippen LogP contribution < -0.4 is 10.5 Å². The van der Waals surface area contributed by atoms with Crippen LogP contribution in [0.3, 0.4) is 0 Å². The number of benzene rings is 1. The summed E-state index contributed by atoms with van der Waals surface area (Å²) in [6.45, 7) is 5.50. The molecular weight excluding hydrogens is 258 g/mol. The van der Waals surface area contributed by atoms with Crippen molar-refractivity contribution >= 4 is 21.4 Å². The van der Waals surface area contributed by atoms with E-state index in [4.69, 9.17) is 5.14 Å². The van der Waals surface area contributed by atoms with E-state index in [0.717, 1.165) is 6.07 Å². The number of nitro groups is 1. The first-order chi connectivity index (χ1) is 8.00. The molecule has 0 saturated heterocycles. The van der Waals surface area contributed by atoms with Crippen LogP contribution >= 0.6 is 0 Å². The van der Waals surface area contributed by atoms with Gasteiger partial charge in [0.05, 0.1) is 10.6 Å². The summed E-state index contributed by atoms with van der Waals surface area (Å²) in [6.07, 6.45) is 0. The molecule has 0 spiro atoms. The second-order valence-electron chi connectivity index (χ2n) is 4.86. The fraction of sp³-hybridized carbons (Fsp3) is 0.400. The van der Waals surface area contributed by atoms with E-state index in [1.165, 1.54) is 12.1 Å². The number of nitrogens with one attached hydrogen (secondary N) is 1. The zero-order valence-corrected chi connectivity index (χ0v) is 11.1. The molecule has 0 atom stereocenters. The number of primary sulfonamides is 1. The van der Waals surface area contributed by atoms with E-state index in [-0.39, 0.29) is 16.3 Å². The van der Waals surface area contributed by atoms with Gasteiger partial charge >= 0.3 is 0 Å². The van der Waals surface area contributed by atoms with Gasteiger partial charge in [0, 0.05) is 17.7 Å². The Balaban J connectivity index is 3.40. The minimum absolute atomic E-state index is 0.246. The lowest BCUT2D eigenvalue weighted by atomic mass is 10.1. The van der Waals surface area contributed by atoms with E-state index in [1.54, 1.807) is 0 Å². The lowest BCUT2D eigenvalue weighted by Gasteiger charge is -2.23. The summed E-state index contributed by atoms with van der Waals surface area (Å²) in [4.78, 5) is 9.67. The summed E-state index contributed by atoms with van der Waals surface area (Å²) in [5, 5.41) is 18.6. The first-order valence-electron chi connectivity index (χ1n) is 5.10. The first kappa shape index (κ1) is 14.4. The fourth-order valence-corrected chi connectivity index (χ4v) is 2.08. The molecule has 0 bridgehead atoms. The van der Waals surface area contributed by atoms with Crippen molar-refractivity contribution in [2.24, 2.45) is 5.14 Å². The minimum atomic E-state index is -4.03. The van der Waals surface area contributed by atoms with Gasteiger partial charge in [-0.1, -0.05) is 0 Å². The van der Waals surface area contributed by atoms with Crippen LogP contribution in [0.25, 0.3) is 0 Å². The molecule has 18 heavy (non-hydrogen) atoms. The van der Waals surface area contributed by atoms with Gasteiger partial charge in [0.25, 0.3) is 5.69 Å². The van der Waals surface area contributed by atoms with Gasteiger partial charge in [-0.15, -0.1) is 0 Å². The van der Waals surface area contributed by atoms with E-state index in [9.17, 15) is 18.5 Å². The van der Waals surface area contributed by atoms with Gasteiger partial charge in [0.15, 0.2) is 0 Å². The highest BCUT2D eigenvalue weighted by Crippen LogP contribution is 2.27. The normalized spacial score (nSPS) is 12.2. The summed E-state index contributed by atoms with van der Waals surface area (Å²) in [7, 11) is -4.03. The molecule has 0 amide bonds. The fourth-order valence-electron chi connectivity index (χ4n) is 1.37. The second-order valence-corrected chi connectivity index (χ2v) is 6.39. The highest BCUT2D eigenvalue weighted by molar-refractivity contribution is 7.89. The van der Waals surface area contributed by atoms with Gasteiger partial charge in [0.2, 0.25) is 10.0 Å². The Kier molecular flexibility index (Phi) is 3.63. The summed E-state index contributed by atoms with van der Waals surface area (Å²) < 4.78 is 22.9. The molecule has 0 unspecified atom stereocenters. The molecule has 1 rings (SSSR count). The van der Waals surface area contributed by atoms with Crippen molar-refractivity contribution in [1.29, 1.82) is 0 Å². The number of non-ortho nitro benzene ring substituents is 1. The van der Waals surface area contributed by atoms with Crippen LogP contribution in [0.5, 0.6) is 0 Å². The van der Waals surface area contributed by atoms with Crippen LogP contribution in [0, 0.1) is 10.1 Å². The zero-order valence-electron chi connectivity index (χ0n) is 10.3. The van der Waals surface area contributed by atoms with Crippen molar-refractivity contribution in [2.45, 2.75) is 31.2 Å². The Morgan fingerprint density at radius 3 is 2.28 bits per heavy atom. The van der Waals surface area contributed by atoms with Crippen LogP contribution in [0.2, 0.25) is 0 Å². The monoisotopic (exact) mass is 273 g/mol. The van der Waals surface area contributed by atoms with Crippen molar-refractivity contribution in [3.8, 4) is 0 Å². The lowest BCUT2D eigenvalue weighted by molar-refractivity contribution is -0.385. The van der Waals surface area contributed by atoms with E-state index >= 15 is 0 Å². The molecule has 8 heteroatoms. The number of anilines is 1. The smallest absolute Gasteiger partial charge is 0.270 e. The molecule has 0 aromatic heterocycles. The Bertz CT molecular complexity index is 575. The van der Waals surface area contributed by atoms with E-state index in [0.29, 0.717) is 0 Å². The van der Waals surface area contributed by atoms with E-state index < -0.39 is 20.5 Å². The van der Waals surface area contributed by atoms with Crippen molar-refractivity contribution in [2.75, 3.05) is 5.32 Å². The molecule has 0 radical (unpaired) electrons. The molecule has 0 aliphatic heterocycles. The number of sulfonamides is 1. The first-order valence-corrected chi connectivity index (χ1v) is 6.65. The Morgan fingerprint density at radius 1 is 1.33 bits per heavy atom. The van der Waals surface area contributed by atoms with Crippen molar-refractivity contribution in [1.82, 2.24) is 0 Å². The number of nitro benzene ring substituents is 1. The molecule has 3 N–H and O–H groups in total. The number of hydrogen-bond acceptors (Lipinski definition) is 5. The Hall–Kier alpha value is -1.67. The molecule has 0 aliphatic carbocycles. The quantitative estimate of drug-likeness (QED) is 0.638. The maximum absolute atomic E-state index is 11.4. The molecule has 100 valence electrons. The average Bonchev–Trinajstić information content (AvgIpc) is 2.13. The SMILES string of the molecule is CC(C)(C)Nc1ccc([N+](=O)[O-])cc1S(N)(=O)=O. The van der Waals surface area contributed by atoms with Crippen molar-refractivity contribution < 1.29 is 13.3 Å². The zero-order chi connectivity index (χ0) is 14.1. The highest BCUT2D eigenvalue weighted by atomic mass is 32.2. The minimum Gasteiger partial charge on any atom is -0.379 e. The molecule has 0 fully saturated rings. The summed E-state index contributed by atoms with van der Waals surface area (Å²) >= 11 is 0. The third-order valence-electron chi connectivity index (χ3n) is 1.99. The standard InChI is InChI=1S/C10H15N3O4S/c1-10(2,3)12-8-5-4-7(13(14)15)6-9(8)18(11,16)17/h4-6,12H,1-3H3,(H2,11,16,17). The number of nitrogens with two attached hydrogens (primary N) is 1. The predicted molar refractivity (Wildman–Crippen MR) is 67.8 cm³/mol. The van der Waals surface area contributed by atoms with Gasteiger partial charge in [-0.3, -0.25) is 10.1 Å². The van der Waals surface area contributed by atoms with Crippen molar-refractivity contribution in [3.05, 3.63) is 28.3 Å². The molecule has 0 heterocycles. The maximum Gasteiger partial charge on any atom is 0.270 e. The molecule has 1 aromatic carbocycles. The van der Waals surface area contributed by atoms with E-state index in [2.05, 4.69) is 5.32 Å². The molecule has 1 aromatic rings. The van der Waals surface area contributed by atoms with Gasteiger partial charge in [-0.25, -0.2) is 13.6 Å². The van der Waals surface area contributed by atoms with Crippen LogP contribution in [0.4, 0.5) is 11.4 Å². The summed E-state index contributed by atoms with van der Waals surface area (Å²) in [6, 6.07) is 3.51. The topological polar surface area (TPSA) is 115 Å². The highest BCUT2D eigenvalue weighted by Gasteiger charge is 2.21. The molecule has 7 nitrogen and oxygen atoms in total. The lowest BCUT2D eigenvalue weighted by Crippen LogP contribution is -2.28. The average molecular weight is 273 g/mol. The summed E-state index contributed by atoms with van der Waals surface area (Å²) in [5.74, 6) is 0. The Morgan fingerprint density at radius 2 is 1.89 bits per heavy atom. The summed E-state index contributed by atoms with van der Waals surface area (Å²) in [5.41, 5.74) is -0.468. The van der Waals surface area contributed by atoms with Gasteiger partial charge in [-0.05, 0) is 26.8 Å². The van der Waals surface area contributed by atoms with Crippen LogP contribution in [-0.4, -0.2) is 18.9 Å². The van der Waals surface area contributed by atoms with Gasteiger partial charge in [0.1, 0.15) is 4.90 Å². The second kappa shape index (κ2) is 4.54. The molecular formula is C10H15N3O4S. The van der Waals surface area contributed by atoms with Crippen LogP contribution in [0.1, 0.15) is 20.8 Å². The largest absolute Gasteiger partial charge is 0.379 e.